The quantitative estimate of drug-likeness (QED) is 0.639. The average molecular weight is 439 g/mol. The van der Waals surface area contributed by atoms with E-state index in [1.807, 2.05) is 54.6 Å². The largest absolute Gasteiger partial charge is 0.497 e. The van der Waals surface area contributed by atoms with E-state index < -0.39 is 10.0 Å². The second-order valence-electron chi connectivity index (χ2n) is 7.78. The average Bonchev–Trinajstić information content (AvgIpc) is 2.82. The maximum Gasteiger partial charge on any atom is 0.243 e. The summed E-state index contributed by atoms with van der Waals surface area (Å²) in [6.07, 6.45) is 1.34. The number of fused-ring (bicyclic) bond motifs is 1. The van der Waals surface area contributed by atoms with Gasteiger partial charge < -0.3 is 10.1 Å². The molecule has 1 amide bonds. The second-order valence-corrected chi connectivity index (χ2v) is 9.71. The fourth-order valence-corrected chi connectivity index (χ4v) is 5.49. The van der Waals surface area contributed by atoms with Crippen molar-refractivity contribution in [3.8, 4) is 5.75 Å². The number of hydrogen-bond acceptors (Lipinski definition) is 4. The molecule has 1 atom stereocenters. The van der Waals surface area contributed by atoms with Crippen molar-refractivity contribution in [1.82, 2.24) is 9.62 Å². The number of benzene rings is 3. The Morgan fingerprint density at radius 2 is 1.81 bits per heavy atom. The molecule has 1 heterocycles. The Balaban J connectivity index is 1.43. The van der Waals surface area contributed by atoms with E-state index in [0.29, 0.717) is 25.9 Å². The van der Waals surface area contributed by atoms with Crippen LogP contribution in [-0.4, -0.2) is 38.8 Å². The third-order valence-electron chi connectivity index (χ3n) is 5.74. The Kier molecular flexibility index (Phi) is 6.25. The number of rotatable bonds is 6. The standard InChI is InChI=1S/C24H26N2O4S/c1-30-22-11-8-18(9-12-22)16-25-24(27)21-7-4-14-26(17-21)31(28,29)23-13-10-19-5-2-3-6-20(19)15-23/h2-3,5-6,8-13,15,21H,4,7,14,16-17H2,1H3,(H,25,27)/t21-/m1/s1. The molecule has 1 aliphatic heterocycles. The molecular formula is C24H26N2O4S. The molecule has 1 fully saturated rings. The summed E-state index contributed by atoms with van der Waals surface area (Å²) in [4.78, 5) is 13.0. The van der Waals surface area contributed by atoms with E-state index in [4.69, 9.17) is 4.74 Å². The number of nitrogens with one attached hydrogen (secondary N) is 1. The molecular weight excluding hydrogens is 412 g/mol. The summed E-state index contributed by atoms with van der Waals surface area (Å²) in [7, 11) is -2.05. The first-order valence-corrected chi connectivity index (χ1v) is 11.8. The minimum absolute atomic E-state index is 0.116. The number of ether oxygens (including phenoxy) is 1. The lowest BCUT2D eigenvalue weighted by atomic mass is 9.99. The molecule has 1 saturated heterocycles. The molecule has 3 aromatic carbocycles. The highest BCUT2D eigenvalue weighted by molar-refractivity contribution is 7.89. The number of hydrogen-bond donors (Lipinski definition) is 1. The van der Waals surface area contributed by atoms with Crippen molar-refractivity contribution in [2.75, 3.05) is 20.2 Å². The lowest BCUT2D eigenvalue weighted by molar-refractivity contribution is -0.126. The number of methoxy groups -OCH3 is 1. The predicted molar refractivity (Wildman–Crippen MR) is 120 cm³/mol. The first-order chi connectivity index (χ1) is 15.0. The number of carbonyl (C=O) groups is 1. The first-order valence-electron chi connectivity index (χ1n) is 10.4. The number of carbonyl (C=O) groups excluding carboxylic acids is 1. The minimum Gasteiger partial charge on any atom is -0.497 e. The number of amides is 1. The van der Waals surface area contributed by atoms with Crippen LogP contribution in [0.4, 0.5) is 0 Å². The summed E-state index contributed by atoms with van der Waals surface area (Å²) in [6, 6.07) is 20.3. The Bertz CT molecular complexity index is 1180. The predicted octanol–water partition coefficient (Wildman–Crippen LogP) is 3.57. The third kappa shape index (κ3) is 4.73. The molecule has 7 heteroatoms. The normalized spacial score (nSPS) is 17.4. The van der Waals surface area contributed by atoms with Crippen molar-refractivity contribution in [3.63, 3.8) is 0 Å². The van der Waals surface area contributed by atoms with Crippen LogP contribution in [0.25, 0.3) is 10.8 Å². The fraction of sp³-hybridized carbons (Fsp3) is 0.292. The van der Waals surface area contributed by atoms with Gasteiger partial charge in [-0.3, -0.25) is 4.79 Å². The van der Waals surface area contributed by atoms with Crippen molar-refractivity contribution in [2.24, 2.45) is 5.92 Å². The van der Waals surface area contributed by atoms with Gasteiger partial charge in [-0.25, -0.2) is 8.42 Å². The van der Waals surface area contributed by atoms with Crippen molar-refractivity contribution < 1.29 is 17.9 Å². The Labute approximate surface area is 182 Å². The van der Waals surface area contributed by atoms with Crippen LogP contribution in [0.3, 0.4) is 0 Å². The number of piperidine rings is 1. The molecule has 0 unspecified atom stereocenters. The van der Waals surface area contributed by atoms with E-state index in [1.165, 1.54) is 4.31 Å². The molecule has 0 bridgehead atoms. The van der Waals surface area contributed by atoms with Gasteiger partial charge in [0.15, 0.2) is 0 Å². The fourth-order valence-electron chi connectivity index (χ4n) is 3.93. The Morgan fingerprint density at radius 3 is 2.55 bits per heavy atom. The third-order valence-corrected chi connectivity index (χ3v) is 7.60. The molecule has 0 aliphatic carbocycles. The molecule has 0 aromatic heterocycles. The highest BCUT2D eigenvalue weighted by Crippen LogP contribution is 2.26. The van der Waals surface area contributed by atoms with Crippen LogP contribution in [0.1, 0.15) is 18.4 Å². The van der Waals surface area contributed by atoms with E-state index >= 15 is 0 Å². The van der Waals surface area contributed by atoms with E-state index in [0.717, 1.165) is 22.1 Å². The van der Waals surface area contributed by atoms with E-state index in [1.54, 1.807) is 19.2 Å². The highest BCUT2D eigenvalue weighted by Gasteiger charge is 2.33. The van der Waals surface area contributed by atoms with Gasteiger partial charge in [0.1, 0.15) is 5.75 Å². The molecule has 4 rings (SSSR count). The maximum absolute atomic E-state index is 13.2. The molecule has 6 nitrogen and oxygen atoms in total. The zero-order valence-corrected chi connectivity index (χ0v) is 18.3. The molecule has 0 radical (unpaired) electrons. The summed E-state index contributed by atoms with van der Waals surface area (Å²) in [6.45, 7) is 1.03. The van der Waals surface area contributed by atoms with Crippen LogP contribution >= 0.6 is 0 Å². The molecule has 1 N–H and O–H groups in total. The van der Waals surface area contributed by atoms with Crippen molar-refractivity contribution in [3.05, 3.63) is 72.3 Å². The second kappa shape index (κ2) is 9.08. The van der Waals surface area contributed by atoms with Crippen molar-refractivity contribution in [2.45, 2.75) is 24.3 Å². The van der Waals surface area contributed by atoms with Gasteiger partial charge in [-0.2, -0.15) is 4.31 Å². The summed E-state index contributed by atoms with van der Waals surface area (Å²) in [5.74, 6) is 0.286. The van der Waals surface area contributed by atoms with Gasteiger partial charge in [-0.05, 0) is 53.4 Å². The zero-order valence-electron chi connectivity index (χ0n) is 17.5. The SMILES string of the molecule is COc1ccc(CNC(=O)[C@@H]2CCCN(S(=O)(=O)c3ccc4ccccc4c3)C2)cc1. The first kappa shape index (κ1) is 21.3. The molecule has 1 aliphatic rings. The lowest BCUT2D eigenvalue weighted by Gasteiger charge is -2.31. The van der Waals surface area contributed by atoms with Crippen LogP contribution in [0.15, 0.2) is 71.6 Å². The van der Waals surface area contributed by atoms with Crippen LogP contribution in [0.5, 0.6) is 5.75 Å². The number of sulfonamides is 1. The summed E-state index contributed by atoms with van der Waals surface area (Å²) in [5.41, 5.74) is 0.964. The smallest absolute Gasteiger partial charge is 0.243 e. The monoisotopic (exact) mass is 438 g/mol. The summed E-state index contributed by atoms with van der Waals surface area (Å²) < 4.78 is 33.0. The van der Waals surface area contributed by atoms with Gasteiger partial charge in [0.2, 0.25) is 15.9 Å². The van der Waals surface area contributed by atoms with E-state index in [2.05, 4.69) is 5.32 Å². The topological polar surface area (TPSA) is 75.7 Å². The maximum atomic E-state index is 13.2. The van der Waals surface area contributed by atoms with Crippen LogP contribution < -0.4 is 10.1 Å². The highest BCUT2D eigenvalue weighted by atomic mass is 32.2. The summed E-state index contributed by atoms with van der Waals surface area (Å²) >= 11 is 0. The molecule has 0 spiro atoms. The van der Waals surface area contributed by atoms with Gasteiger partial charge in [-0.1, -0.05) is 42.5 Å². The van der Waals surface area contributed by atoms with Crippen molar-refractivity contribution >= 4 is 26.7 Å². The molecule has 162 valence electrons. The van der Waals surface area contributed by atoms with Gasteiger partial charge in [0.25, 0.3) is 0 Å². The van der Waals surface area contributed by atoms with Gasteiger partial charge in [-0.15, -0.1) is 0 Å². The van der Waals surface area contributed by atoms with Crippen molar-refractivity contribution in [1.29, 1.82) is 0 Å². The minimum atomic E-state index is -3.66. The van der Waals surface area contributed by atoms with Gasteiger partial charge >= 0.3 is 0 Å². The van der Waals surface area contributed by atoms with Crippen LogP contribution in [0, 0.1) is 5.92 Å². The molecule has 0 saturated carbocycles. The van der Waals surface area contributed by atoms with E-state index in [9.17, 15) is 13.2 Å². The van der Waals surface area contributed by atoms with Crippen LogP contribution in [-0.2, 0) is 21.4 Å². The van der Waals surface area contributed by atoms with Gasteiger partial charge in [0, 0.05) is 19.6 Å². The van der Waals surface area contributed by atoms with E-state index in [-0.39, 0.29) is 23.3 Å². The molecule has 3 aromatic rings. The lowest BCUT2D eigenvalue weighted by Crippen LogP contribution is -2.45. The molecule has 31 heavy (non-hydrogen) atoms. The van der Waals surface area contributed by atoms with Gasteiger partial charge in [0.05, 0.1) is 17.9 Å². The summed E-state index contributed by atoms with van der Waals surface area (Å²) in [5, 5.41) is 4.82. The number of nitrogens with zero attached hydrogens (tertiary/aromatic N) is 1. The Hall–Kier alpha value is -2.90. The van der Waals surface area contributed by atoms with Crippen LogP contribution in [0.2, 0.25) is 0 Å². The Morgan fingerprint density at radius 1 is 1.06 bits per heavy atom. The zero-order chi connectivity index (χ0) is 21.8.